The maximum Gasteiger partial charge on any atom is 0.333 e. The highest BCUT2D eigenvalue weighted by Crippen LogP contribution is 2.15. The number of unbranched alkanes of at least 4 members (excludes halogenated alkanes) is 16. The third-order valence-corrected chi connectivity index (χ3v) is 5.63. The predicted molar refractivity (Wildman–Crippen MR) is 119 cm³/mol. The fourth-order valence-electron chi connectivity index (χ4n) is 3.54. The summed E-state index contributed by atoms with van der Waals surface area (Å²) in [5, 5.41) is 0. The van der Waals surface area contributed by atoms with Crippen LogP contribution in [0.2, 0.25) is 0 Å². The van der Waals surface area contributed by atoms with Gasteiger partial charge in [-0.2, -0.15) is 0 Å². The van der Waals surface area contributed by atoms with E-state index in [9.17, 15) is 4.79 Å². The molecule has 0 saturated carbocycles. The molecule has 0 aromatic rings. The molecule has 1 heterocycles. The van der Waals surface area contributed by atoms with E-state index >= 15 is 0 Å². The summed E-state index contributed by atoms with van der Waals surface area (Å²) in [7, 11) is 0. The van der Waals surface area contributed by atoms with E-state index in [0.717, 1.165) is 18.6 Å². The zero-order valence-electron chi connectivity index (χ0n) is 18.8. The van der Waals surface area contributed by atoms with E-state index in [-0.39, 0.29) is 12.1 Å². The minimum atomic E-state index is -0.188. The number of carbonyl (C=O) groups excluding carboxylic acids is 1. The summed E-state index contributed by atoms with van der Waals surface area (Å²) >= 11 is 0. The van der Waals surface area contributed by atoms with Crippen LogP contribution >= 0.6 is 0 Å². The maximum atomic E-state index is 11.7. The summed E-state index contributed by atoms with van der Waals surface area (Å²) in [5.41, 5.74) is 0.738. The van der Waals surface area contributed by atoms with E-state index < -0.39 is 0 Å². The molecular formula is C25H46O3. The highest BCUT2D eigenvalue weighted by Gasteiger charge is 2.24. The van der Waals surface area contributed by atoms with Crippen LogP contribution in [0.5, 0.6) is 0 Å². The number of carbonyl (C=O) groups is 1. The molecule has 0 radical (unpaired) electrons. The molecule has 1 saturated heterocycles. The Bertz CT molecular complexity index is 399. The molecule has 0 aliphatic carbocycles. The number of allylic oxidation sites excluding steroid dienone is 1. The Hall–Kier alpha value is -0.830. The van der Waals surface area contributed by atoms with Crippen LogP contribution in [0.3, 0.4) is 0 Å². The standard InChI is InChI=1S/C25H46O3/c1-3-4-5-6-7-8-9-10-11-12-13-14-15-16-17-18-19-20-23(2)25(26)28-22-24-21-27-24/h20,24H,3-19,21-22H2,1-2H3. The Kier molecular flexibility index (Phi) is 16.4. The topological polar surface area (TPSA) is 38.8 Å². The molecule has 1 rings (SSSR count). The Morgan fingerprint density at radius 3 is 1.68 bits per heavy atom. The van der Waals surface area contributed by atoms with Gasteiger partial charge in [0.2, 0.25) is 0 Å². The minimum Gasteiger partial charge on any atom is -0.459 e. The van der Waals surface area contributed by atoms with Crippen molar-refractivity contribution in [3.8, 4) is 0 Å². The Morgan fingerprint density at radius 2 is 1.25 bits per heavy atom. The van der Waals surface area contributed by atoms with Crippen LogP contribution in [0, 0.1) is 0 Å². The highest BCUT2D eigenvalue weighted by molar-refractivity contribution is 5.87. The van der Waals surface area contributed by atoms with Gasteiger partial charge in [0.25, 0.3) is 0 Å². The zero-order chi connectivity index (χ0) is 20.3. The fraction of sp³-hybridized carbons (Fsp3) is 0.880. The fourth-order valence-corrected chi connectivity index (χ4v) is 3.54. The number of hydrogen-bond donors (Lipinski definition) is 0. The van der Waals surface area contributed by atoms with Crippen LogP contribution < -0.4 is 0 Å². The van der Waals surface area contributed by atoms with Crippen molar-refractivity contribution in [2.45, 2.75) is 129 Å². The smallest absolute Gasteiger partial charge is 0.333 e. The van der Waals surface area contributed by atoms with Crippen molar-refractivity contribution in [2.24, 2.45) is 0 Å². The molecule has 0 bridgehead atoms. The van der Waals surface area contributed by atoms with E-state index in [4.69, 9.17) is 9.47 Å². The average molecular weight is 395 g/mol. The van der Waals surface area contributed by atoms with Crippen LogP contribution in [-0.2, 0) is 14.3 Å². The molecule has 0 amide bonds. The third-order valence-electron chi connectivity index (χ3n) is 5.63. The van der Waals surface area contributed by atoms with Gasteiger partial charge in [-0.15, -0.1) is 0 Å². The van der Waals surface area contributed by atoms with Gasteiger partial charge in [-0.1, -0.05) is 109 Å². The first kappa shape index (κ1) is 25.2. The van der Waals surface area contributed by atoms with Gasteiger partial charge in [0.15, 0.2) is 0 Å². The Labute approximate surface area is 174 Å². The summed E-state index contributed by atoms with van der Waals surface area (Å²) in [5.74, 6) is -0.188. The lowest BCUT2D eigenvalue weighted by Crippen LogP contribution is -2.10. The minimum absolute atomic E-state index is 0.150. The molecule has 0 N–H and O–H groups in total. The van der Waals surface area contributed by atoms with E-state index in [1.165, 1.54) is 103 Å². The molecule has 1 fully saturated rings. The number of rotatable bonds is 20. The van der Waals surface area contributed by atoms with Crippen molar-refractivity contribution < 1.29 is 14.3 Å². The second-order valence-corrected chi connectivity index (χ2v) is 8.53. The third kappa shape index (κ3) is 16.2. The molecule has 1 unspecified atom stereocenters. The number of hydrogen-bond acceptors (Lipinski definition) is 3. The van der Waals surface area contributed by atoms with Crippen LogP contribution in [0.25, 0.3) is 0 Å². The van der Waals surface area contributed by atoms with Crippen molar-refractivity contribution in [3.63, 3.8) is 0 Å². The van der Waals surface area contributed by atoms with Crippen molar-refractivity contribution in [1.82, 2.24) is 0 Å². The lowest BCUT2D eigenvalue weighted by Gasteiger charge is -2.04. The van der Waals surface area contributed by atoms with E-state index in [1.807, 2.05) is 13.0 Å². The van der Waals surface area contributed by atoms with Crippen molar-refractivity contribution >= 4 is 5.97 Å². The Morgan fingerprint density at radius 1 is 0.821 bits per heavy atom. The summed E-state index contributed by atoms with van der Waals surface area (Å²) < 4.78 is 10.2. The van der Waals surface area contributed by atoms with Gasteiger partial charge >= 0.3 is 5.97 Å². The molecular weight excluding hydrogens is 348 g/mol. The van der Waals surface area contributed by atoms with Gasteiger partial charge < -0.3 is 9.47 Å². The second kappa shape index (κ2) is 18.2. The van der Waals surface area contributed by atoms with Crippen LogP contribution in [-0.4, -0.2) is 25.3 Å². The summed E-state index contributed by atoms with van der Waals surface area (Å²) in [4.78, 5) is 11.7. The van der Waals surface area contributed by atoms with Gasteiger partial charge in [0.05, 0.1) is 6.61 Å². The predicted octanol–water partition coefficient (Wildman–Crippen LogP) is 7.53. The largest absolute Gasteiger partial charge is 0.459 e. The lowest BCUT2D eigenvalue weighted by atomic mass is 10.0. The van der Waals surface area contributed by atoms with Gasteiger partial charge in [0.1, 0.15) is 12.7 Å². The molecule has 164 valence electrons. The summed E-state index contributed by atoms with van der Waals surface area (Å²) in [6.07, 6.45) is 25.4. The Balaban J connectivity index is 1.75. The highest BCUT2D eigenvalue weighted by atomic mass is 16.6. The van der Waals surface area contributed by atoms with Gasteiger partial charge in [-0.25, -0.2) is 4.79 Å². The second-order valence-electron chi connectivity index (χ2n) is 8.53. The SMILES string of the molecule is CCCCCCCCCCCCCCCCCCC=C(C)C(=O)OCC1CO1. The number of esters is 1. The van der Waals surface area contributed by atoms with Crippen molar-refractivity contribution in [2.75, 3.05) is 13.2 Å². The molecule has 28 heavy (non-hydrogen) atoms. The molecule has 3 nitrogen and oxygen atoms in total. The summed E-state index contributed by atoms with van der Waals surface area (Å²) in [6.45, 7) is 5.27. The molecule has 3 heteroatoms. The molecule has 1 atom stereocenters. The van der Waals surface area contributed by atoms with E-state index in [2.05, 4.69) is 6.92 Å². The van der Waals surface area contributed by atoms with Crippen LogP contribution in [0.4, 0.5) is 0 Å². The molecule has 0 aromatic carbocycles. The number of ether oxygens (including phenoxy) is 2. The first-order valence-corrected chi connectivity index (χ1v) is 12.2. The molecule has 1 aliphatic rings. The summed E-state index contributed by atoms with van der Waals surface area (Å²) in [6, 6.07) is 0. The normalized spacial score (nSPS) is 16.4. The quantitative estimate of drug-likeness (QED) is 0.0927. The monoisotopic (exact) mass is 394 g/mol. The van der Waals surface area contributed by atoms with Crippen molar-refractivity contribution in [1.29, 1.82) is 0 Å². The van der Waals surface area contributed by atoms with Crippen LogP contribution in [0.15, 0.2) is 11.6 Å². The van der Waals surface area contributed by atoms with Gasteiger partial charge in [-0.3, -0.25) is 0 Å². The first-order valence-electron chi connectivity index (χ1n) is 12.2. The molecule has 1 aliphatic heterocycles. The number of epoxide rings is 1. The van der Waals surface area contributed by atoms with E-state index in [1.54, 1.807) is 0 Å². The molecule has 0 spiro atoms. The maximum absolute atomic E-state index is 11.7. The first-order chi connectivity index (χ1) is 13.7. The average Bonchev–Trinajstić information content (AvgIpc) is 3.52. The van der Waals surface area contributed by atoms with Crippen molar-refractivity contribution in [3.05, 3.63) is 11.6 Å². The van der Waals surface area contributed by atoms with Gasteiger partial charge in [0, 0.05) is 5.57 Å². The van der Waals surface area contributed by atoms with Gasteiger partial charge in [-0.05, 0) is 19.8 Å². The van der Waals surface area contributed by atoms with E-state index in [0.29, 0.717) is 6.61 Å². The van der Waals surface area contributed by atoms with Crippen LogP contribution in [0.1, 0.15) is 123 Å². The molecule has 0 aromatic heterocycles. The zero-order valence-corrected chi connectivity index (χ0v) is 18.8. The lowest BCUT2D eigenvalue weighted by molar-refractivity contribution is -0.139.